The van der Waals surface area contributed by atoms with E-state index in [4.69, 9.17) is 0 Å². The Hall–Kier alpha value is -1.30. The van der Waals surface area contributed by atoms with E-state index in [0.717, 1.165) is 12.0 Å². The van der Waals surface area contributed by atoms with Crippen molar-refractivity contribution in [2.75, 3.05) is 0 Å². The van der Waals surface area contributed by atoms with Crippen LogP contribution in [0.2, 0.25) is 0 Å². The molecule has 2 rings (SSSR count). The zero-order chi connectivity index (χ0) is 13.7. The molecular formula is C14H19N3OS. The Bertz CT molecular complexity index is 475. The van der Waals surface area contributed by atoms with Gasteiger partial charge < -0.3 is 9.54 Å². The van der Waals surface area contributed by atoms with Gasteiger partial charge in [0.2, 0.25) is 5.37 Å². The van der Waals surface area contributed by atoms with Crippen molar-refractivity contribution in [3.8, 4) is 0 Å². The Morgan fingerprint density at radius 2 is 2.11 bits per heavy atom. The van der Waals surface area contributed by atoms with E-state index in [1.807, 2.05) is 30.3 Å². The van der Waals surface area contributed by atoms with Crippen molar-refractivity contribution in [1.82, 2.24) is 15.3 Å². The van der Waals surface area contributed by atoms with E-state index < -0.39 is 11.2 Å². The maximum absolute atomic E-state index is 12.6. The van der Waals surface area contributed by atoms with Crippen LogP contribution in [0.25, 0.3) is 0 Å². The lowest BCUT2D eigenvalue weighted by atomic mass is 10.2. The molecule has 1 heterocycles. The molecule has 19 heavy (non-hydrogen) atoms. The summed E-state index contributed by atoms with van der Waals surface area (Å²) in [4.78, 5) is 7.03. The molecular weight excluding hydrogens is 258 g/mol. The van der Waals surface area contributed by atoms with Gasteiger partial charge in [0.25, 0.3) is 0 Å². The van der Waals surface area contributed by atoms with E-state index in [1.54, 1.807) is 12.4 Å². The van der Waals surface area contributed by atoms with E-state index in [0.29, 0.717) is 11.2 Å². The molecule has 0 spiro atoms. The molecule has 0 aliphatic carbocycles. The second-order valence-corrected chi connectivity index (χ2v) is 5.91. The summed E-state index contributed by atoms with van der Waals surface area (Å²) in [5, 5.41) is 3.67. The van der Waals surface area contributed by atoms with E-state index >= 15 is 0 Å². The Balaban J connectivity index is 2.24. The Morgan fingerprint density at radius 3 is 2.68 bits per heavy atom. The molecule has 0 fully saturated rings. The van der Waals surface area contributed by atoms with E-state index in [9.17, 15) is 4.55 Å². The molecule has 2 aromatic rings. The van der Waals surface area contributed by atoms with Gasteiger partial charge in [-0.3, -0.25) is 5.32 Å². The summed E-state index contributed by atoms with van der Waals surface area (Å²) in [6.45, 7) is 4.20. The number of benzene rings is 1. The molecule has 2 N–H and O–H groups in total. The Kier molecular flexibility index (Phi) is 5.01. The summed E-state index contributed by atoms with van der Waals surface area (Å²) in [6.07, 6.45) is 4.30. The van der Waals surface area contributed by atoms with Crippen LogP contribution in [0.5, 0.6) is 0 Å². The van der Waals surface area contributed by atoms with Crippen LogP contribution in [-0.4, -0.2) is 20.6 Å². The quantitative estimate of drug-likeness (QED) is 0.798. The van der Waals surface area contributed by atoms with Gasteiger partial charge in [0.15, 0.2) is 0 Å². The fraction of sp³-hybridized carbons (Fsp3) is 0.357. The highest BCUT2D eigenvalue weighted by Crippen LogP contribution is 2.25. The number of H-pyrrole nitrogens is 1. The zero-order valence-corrected chi connectivity index (χ0v) is 12.0. The number of aromatic amines is 1. The lowest BCUT2D eigenvalue weighted by Gasteiger charge is -2.23. The van der Waals surface area contributed by atoms with Gasteiger partial charge in [0, 0.05) is 35.2 Å². The minimum absolute atomic E-state index is 0.248. The van der Waals surface area contributed by atoms with Crippen LogP contribution in [0, 0.1) is 0 Å². The number of nitrogens with zero attached hydrogens (tertiary/aromatic N) is 1. The number of hydrogen-bond donors (Lipinski definition) is 2. The minimum Gasteiger partial charge on any atom is -0.607 e. The van der Waals surface area contributed by atoms with Gasteiger partial charge in [-0.2, -0.15) is 4.98 Å². The molecule has 0 saturated heterocycles. The van der Waals surface area contributed by atoms with Crippen molar-refractivity contribution in [1.29, 1.82) is 0 Å². The third-order valence-electron chi connectivity index (χ3n) is 3.03. The first-order valence-corrected chi connectivity index (χ1v) is 7.64. The average molecular weight is 277 g/mol. The largest absolute Gasteiger partial charge is 0.607 e. The molecule has 3 unspecified atom stereocenters. The highest BCUT2D eigenvalue weighted by atomic mass is 32.2. The van der Waals surface area contributed by atoms with Crippen molar-refractivity contribution in [2.45, 2.75) is 36.8 Å². The number of hydrogen-bond acceptors (Lipinski definition) is 3. The van der Waals surface area contributed by atoms with Crippen molar-refractivity contribution < 1.29 is 4.55 Å². The average Bonchev–Trinajstić information content (AvgIpc) is 2.99. The second-order valence-electron chi connectivity index (χ2n) is 4.46. The predicted molar refractivity (Wildman–Crippen MR) is 77.1 cm³/mol. The normalized spacial score (nSPS) is 15.9. The Morgan fingerprint density at radius 1 is 1.37 bits per heavy atom. The summed E-state index contributed by atoms with van der Waals surface area (Å²) in [6, 6.07) is 10.1. The number of imidazole rings is 1. The van der Waals surface area contributed by atoms with Crippen LogP contribution < -0.4 is 5.32 Å². The summed E-state index contributed by atoms with van der Waals surface area (Å²) < 4.78 is 12.6. The molecule has 0 radical (unpaired) electrons. The van der Waals surface area contributed by atoms with Crippen molar-refractivity contribution in [2.24, 2.45) is 0 Å². The smallest absolute Gasteiger partial charge is 0.322 e. The van der Waals surface area contributed by atoms with Gasteiger partial charge in [0.1, 0.15) is 0 Å². The lowest BCUT2D eigenvalue weighted by molar-refractivity contribution is 0.491. The summed E-state index contributed by atoms with van der Waals surface area (Å²) in [5.74, 6) is 0. The van der Waals surface area contributed by atoms with E-state index in [2.05, 4.69) is 29.1 Å². The zero-order valence-electron chi connectivity index (χ0n) is 11.2. The topological polar surface area (TPSA) is 63.8 Å². The molecule has 0 bridgehead atoms. The predicted octanol–water partition coefficient (Wildman–Crippen LogP) is 2.60. The minimum atomic E-state index is -1.24. The third-order valence-corrected chi connectivity index (χ3v) is 4.47. The molecule has 0 amide bonds. The fourth-order valence-electron chi connectivity index (χ4n) is 1.76. The first-order chi connectivity index (χ1) is 9.22. The lowest BCUT2D eigenvalue weighted by Crippen LogP contribution is -2.35. The first kappa shape index (κ1) is 14.1. The van der Waals surface area contributed by atoms with Gasteiger partial charge in [-0.1, -0.05) is 37.3 Å². The van der Waals surface area contributed by atoms with Crippen LogP contribution in [0.1, 0.15) is 31.2 Å². The van der Waals surface area contributed by atoms with Gasteiger partial charge in [-0.05, 0) is 13.3 Å². The van der Waals surface area contributed by atoms with E-state index in [-0.39, 0.29) is 5.37 Å². The van der Waals surface area contributed by atoms with Gasteiger partial charge in [0.05, 0.1) is 0 Å². The number of aromatic nitrogens is 2. The van der Waals surface area contributed by atoms with Gasteiger partial charge in [-0.25, -0.2) is 0 Å². The maximum Gasteiger partial charge on any atom is 0.322 e. The van der Waals surface area contributed by atoms with Crippen LogP contribution in [0.4, 0.5) is 0 Å². The molecule has 4 nitrogen and oxygen atoms in total. The van der Waals surface area contributed by atoms with Crippen molar-refractivity contribution >= 4 is 11.2 Å². The summed E-state index contributed by atoms with van der Waals surface area (Å²) >= 11 is -1.24. The Labute approximate surface area is 116 Å². The number of nitrogens with one attached hydrogen (secondary N) is 2. The maximum atomic E-state index is 12.6. The molecule has 0 aliphatic rings. The molecule has 1 aromatic heterocycles. The highest BCUT2D eigenvalue weighted by molar-refractivity contribution is 7.91. The molecule has 3 atom stereocenters. The van der Waals surface area contributed by atoms with Crippen LogP contribution in [-0.2, 0) is 11.2 Å². The van der Waals surface area contributed by atoms with Crippen LogP contribution in [0.15, 0.2) is 47.9 Å². The standard InChI is InChI=1S/C14H19N3OS/c1-3-11(2)17-13(12-7-5-4-6-8-12)19(18)14-15-9-10-16-14/h4-11,13,17H,3H2,1-2H3,(H,15,16). The molecule has 1 aromatic carbocycles. The molecule has 0 aliphatic heterocycles. The first-order valence-electron chi connectivity index (χ1n) is 6.43. The summed E-state index contributed by atoms with van der Waals surface area (Å²) in [5.41, 5.74) is 1.01. The molecule has 102 valence electrons. The number of rotatable bonds is 6. The summed E-state index contributed by atoms with van der Waals surface area (Å²) in [7, 11) is 0. The van der Waals surface area contributed by atoms with Gasteiger partial charge >= 0.3 is 5.16 Å². The monoisotopic (exact) mass is 277 g/mol. The fourth-order valence-corrected chi connectivity index (χ4v) is 3.09. The van der Waals surface area contributed by atoms with E-state index in [1.165, 1.54) is 0 Å². The molecule has 0 saturated carbocycles. The van der Waals surface area contributed by atoms with Crippen molar-refractivity contribution in [3.63, 3.8) is 0 Å². The van der Waals surface area contributed by atoms with Crippen molar-refractivity contribution in [3.05, 3.63) is 48.3 Å². The van der Waals surface area contributed by atoms with Crippen LogP contribution >= 0.6 is 0 Å². The van der Waals surface area contributed by atoms with Gasteiger partial charge in [-0.15, -0.1) is 0 Å². The highest BCUT2D eigenvalue weighted by Gasteiger charge is 2.29. The SMILES string of the molecule is CCC(C)NC(c1ccccc1)[S+]([O-])c1ncc[nH]1. The van der Waals surface area contributed by atoms with Crippen LogP contribution in [0.3, 0.4) is 0 Å². The third kappa shape index (κ3) is 3.59. The molecule has 5 heteroatoms. The second kappa shape index (κ2) is 6.75.